The normalized spacial score (nSPS) is 11.9. The van der Waals surface area contributed by atoms with E-state index in [9.17, 15) is 14.9 Å². The minimum atomic E-state index is -0.672. The Balaban J connectivity index is 2.14. The summed E-state index contributed by atoms with van der Waals surface area (Å²) in [4.78, 5) is 23.9. The summed E-state index contributed by atoms with van der Waals surface area (Å²) in [6.07, 6.45) is 0. The van der Waals surface area contributed by atoms with Crippen molar-refractivity contribution in [3.05, 3.63) is 91.9 Å². The second-order valence-corrected chi connectivity index (χ2v) is 5.97. The van der Waals surface area contributed by atoms with Crippen molar-refractivity contribution >= 4 is 0 Å². The molecule has 26 heavy (non-hydrogen) atoms. The highest BCUT2D eigenvalue weighted by Gasteiger charge is 2.28. The van der Waals surface area contributed by atoms with E-state index in [1.807, 2.05) is 18.2 Å². The van der Waals surface area contributed by atoms with Crippen molar-refractivity contribution in [2.75, 3.05) is 13.7 Å². The van der Waals surface area contributed by atoms with Crippen LogP contribution in [0.5, 0.6) is 5.75 Å². The standard InChI is InChI=1S/C19H19N3O4/c1-13-18(19(23)22(20-13)15-8-4-3-5-9-15)17(12-21(24)25)14-7-6-10-16(11-14)26-2/h3-11,17,20H,12H2,1-2H3/t17-/m0/s1. The Morgan fingerprint density at radius 3 is 2.58 bits per heavy atom. The van der Waals surface area contributed by atoms with Crippen LogP contribution in [0.2, 0.25) is 0 Å². The van der Waals surface area contributed by atoms with Gasteiger partial charge in [0.1, 0.15) is 5.75 Å². The van der Waals surface area contributed by atoms with E-state index >= 15 is 0 Å². The van der Waals surface area contributed by atoms with Crippen LogP contribution in [0.15, 0.2) is 59.4 Å². The van der Waals surface area contributed by atoms with Crippen LogP contribution in [-0.2, 0) is 0 Å². The van der Waals surface area contributed by atoms with Crippen molar-refractivity contribution < 1.29 is 9.66 Å². The largest absolute Gasteiger partial charge is 0.497 e. The summed E-state index contributed by atoms with van der Waals surface area (Å²) in [5, 5.41) is 14.3. The lowest BCUT2D eigenvalue weighted by Gasteiger charge is -2.13. The van der Waals surface area contributed by atoms with E-state index in [4.69, 9.17) is 4.74 Å². The third kappa shape index (κ3) is 3.37. The fourth-order valence-corrected chi connectivity index (χ4v) is 3.10. The minimum absolute atomic E-state index is 0.289. The Kier molecular flexibility index (Phi) is 4.88. The summed E-state index contributed by atoms with van der Waals surface area (Å²) in [6.45, 7) is 1.37. The fourth-order valence-electron chi connectivity index (χ4n) is 3.10. The number of aromatic nitrogens is 2. The van der Waals surface area contributed by atoms with Gasteiger partial charge in [0.25, 0.3) is 5.56 Å². The molecule has 1 heterocycles. The van der Waals surface area contributed by atoms with Crippen molar-refractivity contribution in [2.45, 2.75) is 12.8 Å². The van der Waals surface area contributed by atoms with Gasteiger partial charge >= 0.3 is 0 Å². The maximum atomic E-state index is 13.0. The second-order valence-electron chi connectivity index (χ2n) is 5.97. The first kappa shape index (κ1) is 17.5. The van der Waals surface area contributed by atoms with Crippen molar-refractivity contribution in [3.63, 3.8) is 0 Å². The van der Waals surface area contributed by atoms with E-state index in [0.29, 0.717) is 28.3 Å². The van der Waals surface area contributed by atoms with Crippen LogP contribution in [0, 0.1) is 17.0 Å². The minimum Gasteiger partial charge on any atom is -0.497 e. The molecular formula is C19H19N3O4. The summed E-state index contributed by atoms with van der Waals surface area (Å²) in [7, 11) is 1.53. The van der Waals surface area contributed by atoms with E-state index in [1.54, 1.807) is 43.3 Å². The third-order valence-electron chi connectivity index (χ3n) is 4.31. The van der Waals surface area contributed by atoms with Crippen LogP contribution in [0.1, 0.15) is 22.7 Å². The van der Waals surface area contributed by atoms with Gasteiger partial charge in [-0.15, -0.1) is 0 Å². The molecule has 0 bridgehead atoms. The molecule has 3 aromatic rings. The van der Waals surface area contributed by atoms with Gasteiger partial charge in [0.05, 0.1) is 24.3 Å². The van der Waals surface area contributed by atoms with Crippen LogP contribution >= 0.6 is 0 Å². The van der Waals surface area contributed by atoms with E-state index in [-0.39, 0.29) is 12.1 Å². The molecule has 0 amide bonds. The van der Waals surface area contributed by atoms with E-state index in [1.165, 1.54) is 11.8 Å². The molecule has 0 aliphatic rings. The number of para-hydroxylation sites is 1. The number of nitrogens with zero attached hydrogens (tertiary/aromatic N) is 2. The molecule has 0 saturated carbocycles. The molecule has 0 spiro atoms. The van der Waals surface area contributed by atoms with Crippen molar-refractivity contribution in [1.82, 2.24) is 9.78 Å². The van der Waals surface area contributed by atoms with Crippen LogP contribution < -0.4 is 10.3 Å². The molecule has 1 atom stereocenters. The molecule has 2 aromatic carbocycles. The second kappa shape index (κ2) is 7.26. The predicted molar refractivity (Wildman–Crippen MR) is 97.8 cm³/mol. The lowest BCUT2D eigenvalue weighted by atomic mass is 9.91. The number of nitrogens with one attached hydrogen (secondary N) is 1. The highest BCUT2D eigenvalue weighted by molar-refractivity contribution is 5.40. The Hall–Kier alpha value is -3.35. The van der Waals surface area contributed by atoms with Gasteiger partial charge < -0.3 is 4.74 Å². The Morgan fingerprint density at radius 2 is 1.92 bits per heavy atom. The van der Waals surface area contributed by atoms with Crippen molar-refractivity contribution in [1.29, 1.82) is 0 Å². The third-order valence-corrected chi connectivity index (χ3v) is 4.31. The molecule has 0 fully saturated rings. The number of aromatic amines is 1. The average molecular weight is 353 g/mol. The first-order valence-electron chi connectivity index (χ1n) is 8.14. The van der Waals surface area contributed by atoms with Crippen LogP contribution in [0.3, 0.4) is 0 Å². The van der Waals surface area contributed by atoms with Gasteiger partial charge in [0.2, 0.25) is 6.54 Å². The van der Waals surface area contributed by atoms with Crippen LogP contribution in [-0.4, -0.2) is 28.4 Å². The van der Waals surface area contributed by atoms with Gasteiger partial charge in [-0.3, -0.25) is 20.0 Å². The Morgan fingerprint density at radius 1 is 1.19 bits per heavy atom. The van der Waals surface area contributed by atoms with Crippen molar-refractivity contribution in [2.24, 2.45) is 0 Å². The van der Waals surface area contributed by atoms with Crippen molar-refractivity contribution in [3.8, 4) is 11.4 Å². The summed E-state index contributed by atoms with van der Waals surface area (Å²) >= 11 is 0. The molecule has 0 unspecified atom stereocenters. The number of H-pyrrole nitrogens is 1. The highest BCUT2D eigenvalue weighted by Crippen LogP contribution is 2.27. The maximum absolute atomic E-state index is 13.0. The summed E-state index contributed by atoms with van der Waals surface area (Å²) in [5.74, 6) is -0.0822. The zero-order valence-electron chi connectivity index (χ0n) is 14.5. The Bertz CT molecular complexity index is 976. The number of benzene rings is 2. The highest BCUT2D eigenvalue weighted by atomic mass is 16.6. The molecule has 1 N–H and O–H groups in total. The summed E-state index contributed by atoms with van der Waals surface area (Å²) in [6, 6.07) is 16.1. The lowest BCUT2D eigenvalue weighted by Crippen LogP contribution is -2.23. The quantitative estimate of drug-likeness (QED) is 0.545. The van der Waals surface area contributed by atoms with Gasteiger partial charge in [-0.1, -0.05) is 30.3 Å². The molecular weight excluding hydrogens is 334 g/mol. The zero-order chi connectivity index (χ0) is 18.7. The Labute approximate surface area is 150 Å². The van der Waals surface area contributed by atoms with Gasteiger partial charge in [-0.25, -0.2) is 4.68 Å². The SMILES string of the molecule is COc1cccc([C@H](C[N+](=O)[O-])c2c(C)[nH]n(-c3ccccc3)c2=O)c1. The van der Waals surface area contributed by atoms with Gasteiger partial charge in [0.15, 0.2) is 0 Å². The lowest BCUT2D eigenvalue weighted by molar-refractivity contribution is -0.481. The first-order valence-corrected chi connectivity index (χ1v) is 8.14. The molecule has 1 aromatic heterocycles. The molecule has 7 nitrogen and oxygen atoms in total. The monoisotopic (exact) mass is 353 g/mol. The van der Waals surface area contributed by atoms with Gasteiger partial charge in [0, 0.05) is 10.6 Å². The predicted octanol–water partition coefficient (Wildman–Crippen LogP) is 2.89. The van der Waals surface area contributed by atoms with Gasteiger partial charge in [-0.2, -0.15) is 0 Å². The molecule has 7 heteroatoms. The molecule has 0 aliphatic heterocycles. The number of hydrogen-bond donors (Lipinski definition) is 1. The smallest absolute Gasteiger partial charge is 0.275 e. The number of nitro groups is 1. The fraction of sp³-hybridized carbons (Fsp3) is 0.211. The molecule has 0 radical (unpaired) electrons. The summed E-state index contributed by atoms with van der Waals surface area (Å²) < 4.78 is 6.63. The molecule has 134 valence electrons. The number of hydrogen-bond acceptors (Lipinski definition) is 4. The number of methoxy groups -OCH3 is 1. The number of rotatable bonds is 6. The van der Waals surface area contributed by atoms with E-state index in [2.05, 4.69) is 5.10 Å². The van der Waals surface area contributed by atoms with E-state index in [0.717, 1.165) is 0 Å². The molecule has 3 rings (SSSR count). The zero-order valence-corrected chi connectivity index (χ0v) is 14.5. The van der Waals surface area contributed by atoms with Crippen LogP contribution in [0.25, 0.3) is 5.69 Å². The number of aryl methyl sites for hydroxylation is 1. The first-order chi connectivity index (χ1) is 12.5. The molecule has 0 aliphatic carbocycles. The number of ether oxygens (including phenoxy) is 1. The van der Waals surface area contributed by atoms with Crippen LogP contribution in [0.4, 0.5) is 0 Å². The average Bonchev–Trinajstić information content (AvgIpc) is 2.94. The van der Waals surface area contributed by atoms with Gasteiger partial charge in [-0.05, 0) is 36.8 Å². The maximum Gasteiger partial charge on any atom is 0.275 e. The molecule has 0 saturated heterocycles. The topological polar surface area (TPSA) is 90.2 Å². The summed E-state index contributed by atoms with van der Waals surface area (Å²) in [5.41, 5.74) is 2.05. The van der Waals surface area contributed by atoms with E-state index < -0.39 is 10.8 Å².